The largest absolute Gasteiger partial charge is 0.463 e. The number of ether oxygens (including phenoxy) is 1. The van der Waals surface area contributed by atoms with Gasteiger partial charge in [0.05, 0.1) is 23.9 Å². The summed E-state index contributed by atoms with van der Waals surface area (Å²) >= 11 is 0. The standard InChI is InChI=1S/C28H32FN3O4/c1-4-28(35)14(2)10-18-16(13-36-27(28)34)11-19-25-21(31-23(33)6-5-9-30)8-7-17-15(3)20(29)12-22(24(17)25)32-26(18)19/h10,12,16,21,35H,2,4-9,11,13,30H2,1,3H3,(H,31,33)/t16?,21-,28-/m0/s1. The molecule has 2 aromatic rings. The predicted molar refractivity (Wildman–Crippen MR) is 134 cm³/mol. The molecule has 36 heavy (non-hydrogen) atoms. The third-order valence-corrected chi connectivity index (χ3v) is 8.01. The maximum atomic E-state index is 14.9. The second-order valence-corrected chi connectivity index (χ2v) is 10.1. The van der Waals surface area contributed by atoms with Gasteiger partial charge in [0.2, 0.25) is 5.91 Å². The fourth-order valence-electron chi connectivity index (χ4n) is 5.88. The van der Waals surface area contributed by atoms with Crippen molar-refractivity contribution in [2.24, 2.45) is 11.7 Å². The van der Waals surface area contributed by atoms with E-state index in [-0.39, 0.29) is 42.3 Å². The molecule has 0 saturated carbocycles. The molecule has 5 rings (SSSR count). The van der Waals surface area contributed by atoms with Gasteiger partial charge in [0.25, 0.3) is 0 Å². The molecule has 3 aliphatic rings. The lowest BCUT2D eigenvalue weighted by Gasteiger charge is -2.30. The van der Waals surface area contributed by atoms with Crippen molar-refractivity contribution in [1.29, 1.82) is 0 Å². The summed E-state index contributed by atoms with van der Waals surface area (Å²) in [6.45, 7) is 8.00. The lowest BCUT2D eigenvalue weighted by Crippen LogP contribution is -2.42. The molecule has 2 aliphatic carbocycles. The molecule has 190 valence electrons. The molecule has 0 fully saturated rings. The van der Waals surface area contributed by atoms with Crippen LogP contribution in [0.2, 0.25) is 0 Å². The first-order valence-corrected chi connectivity index (χ1v) is 12.6. The van der Waals surface area contributed by atoms with Crippen LogP contribution >= 0.6 is 0 Å². The Hall–Kier alpha value is -3.10. The first kappa shape index (κ1) is 24.6. The van der Waals surface area contributed by atoms with Gasteiger partial charge in [-0.05, 0) is 79.0 Å². The molecule has 1 aliphatic heterocycles. The Morgan fingerprint density at radius 1 is 1.42 bits per heavy atom. The van der Waals surface area contributed by atoms with Crippen LogP contribution in [0.4, 0.5) is 4.39 Å². The van der Waals surface area contributed by atoms with Gasteiger partial charge in [0.1, 0.15) is 5.82 Å². The summed E-state index contributed by atoms with van der Waals surface area (Å²) in [5.41, 5.74) is 9.56. The molecule has 2 heterocycles. The number of cyclic esters (lactones) is 1. The maximum absolute atomic E-state index is 14.9. The maximum Gasteiger partial charge on any atom is 0.342 e. The van der Waals surface area contributed by atoms with Crippen molar-refractivity contribution < 1.29 is 23.8 Å². The molecule has 4 N–H and O–H groups in total. The summed E-state index contributed by atoms with van der Waals surface area (Å²) in [5.74, 6) is -1.25. The third kappa shape index (κ3) is 3.74. The van der Waals surface area contributed by atoms with Crippen molar-refractivity contribution in [1.82, 2.24) is 10.3 Å². The number of hydrogen-bond donors (Lipinski definition) is 3. The van der Waals surface area contributed by atoms with Crippen LogP contribution in [0.5, 0.6) is 0 Å². The number of aromatic nitrogens is 1. The number of nitrogens with two attached hydrogens (primary N) is 1. The molecular weight excluding hydrogens is 461 g/mol. The number of benzene rings is 1. The van der Waals surface area contributed by atoms with Crippen LogP contribution in [0, 0.1) is 18.7 Å². The van der Waals surface area contributed by atoms with Gasteiger partial charge in [-0.15, -0.1) is 0 Å². The van der Waals surface area contributed by atoms with E-state index >= 15 is 0 Å². The minimum Gasteiger partial charge on any atom is -0.463 e. The lowest BCUT2D eigenvalue weighted by molar-refractivity contribution is -0.162. The van der Waals surface area contributed by atoms with E-state index in [1.54, 1.807) is 19.9 Å². The Morgan fingerprint density at radius 2 is 2.19 bits per heavy atom. The van der Waals surface area contributed by atoms with Crippen molar-refractivity contribution >= 4 is 28.4 Å². The van der Waals surface area contributed by atoms with Crippen LogP contribution in [0.25, 0.3) is 16.5 Å². The highest BCUT2D eigenvalue weighted by Gasteiger charge is 2.43. The average Bonchev–Trinajstić information content (AvgIpc) is 3.20. The summed E-state index contributed by atoms with van der Waals surface area (Å²) in [4.78, 5) is 30.2. The molecule has 3 atom stereocenters. The zero-order chi connectivity index (χ0) is 25.8. The fourth-order valence-corrected chi connectivity index (χ4v) is 5.88. The van der Waals surface area contributed by atoms with Gasteiger partial charge in [-0.2, -0.15) is 0 Å². The molecule has 1 aromatic heterocycles. The number of esters is 1. The number of rotatable bonds is 5. The zero-order valence-electron chi connectivity index (χ0n) is 20.7. The van der Waals surface area contributed by atoms with E-state index in [1.807, 2.05) is 0 Å². The van der Waals surface area contributed by atoms with Crippen LogP contribution in [0.3, 0.4) is 0 Å². The summed E-state index contributed by atoms with van der Waals surface area (Å²) in [5, 5.41) is 15.0. The van der Waals surface area contributed by atoms with E-state index in [9.17, 15) is 19.1 Å². The van der Waals surface area contributed by atoms with Crippen LogP contribution in [-0.4, -0.2) is 40.7 Å². The number of aryl methyl sites for hydroxylation is 1. The van der Waals surface area contributed by atoms with E-state index in [1.165, 1.54) is 6.07 Å². The molecule has 1 unspecified atom stereocenters. The molecular formula is C28H32FN3O4. The first-order chi connectivity index (χ1) is 17.2. The van der Waals surface area contributed by atoms with Gasteiger partial charge in [-0.1, -0.05) is 19.6 Å². The normalized spacial score (nSPS) is 25.0. The van der Waals surface area contributed by atoms with Crippen molar-refractivity contribution in [3.8, 4) is 0 Å². The van der Waals surface area contributed by atoms with Crippen molar-refractivity contribution in [3.05, 3.63) is 58.1 Å². The quantitative estimate of drug-likeness (QED) is 0.551. The van der Waals surface area contributed by atoms with Gasteiger partial charge >= 0.3 is 5.97 Å². The van der Waals surface area contributed by atoms with Crippen molar-refractivity contribution in [2.75, 3.05) is 13.2 Å². The Labute approximate surface area is 209 Å². The number of halogens is 1. The highest BCUT2D eigenvalue weighted by molar-refractivity contribution is 5.94. The number of pyridine rings is 1. The Morgan fingerprint density at radius 3 is 2.92 bits per heavy atom. The molecule has 1 amide bonds. The van der Waals surface area contributed by atoms with Gasteiger partial charge in [0.15, 0.2) is 5.60 Å². The second-order valence-electron chi connectivity index (χ2n) is 10.1. The molecule has 0 radical (unpaired) electrons. The summed E-state index contributed by atoms with van der Waals surface area (Å²) in [7, 11) is 0. The van der Waals surface area contributed by atoms with Crippen LogP contribution < -0.4 is 11.1 Å². The average molecular weight is 494 g/mol. The van der Waals surface area contributed by atoms with E-state index < -0.39 is 11.6 Å². The van der Waals surface area contributed by atoms with Gasteiger partial charge in [-0.25, -0.2) is 14.2 Å². The van der Waals surface area contributed by atoms with Crippen LogP contribution in [0.1, 0.15) is 66.6 Å². The minimum atomic E-state index is -1.80. The van der Waals surface area contributed by atoms with Gasteiger partial charge in [-0.3, -0.25) is 4.79 Å². The monoisotopic (exact) mass is 493 g/mol. The van der Waals surface area contributed by atoms with E-state index in [4.69, 9.17) is 15.5 Å². The SMILES string of the molecule is C=C1C=C2c3nc4cc(F)c(C)c5c4c(c3CC2COC(=O)[C@]1(O)CC)[C@@H](NC(=O)CCCN)CC5. The van der Waals surface area contributed by atoms with E-state index in [0.717, 1.165) is 27.6 Å². The minimum absolute atomic E-state index is 0.0648. The Balaban J connectivity index is 1.70. The number of fused-ring (bicyclic) bond motifs is 4. The molecule has 0 saturated heterocycles. The zero-order valence-corrected chi connectivity index (χ0v) is 20.7. The van der Waals surface area contributed by atoms with Crippen LogP contribution in [-0.2, 0) is 27.2 Å². The molecule has 1 aromatic carbocycles. The van der Waals surface area contributed by atoms with Crippen LogP contribution in [0.15, 0.2) is 24.3 Å². The molecule has 7 nitrogen and oxygen atoms in total. The van der Waals surface area contributed by atoms with E-state index in [0.29, 0.717) is 55.4 Å². The van der Waals surface area contributed by atoms with Crippen molar-refractivity contribution in [2.45, 2.75) is 64.0 Å². The predicted octanol–water partition coefficient (Wildman–Crippen LogP) is 3.33. The number of nitrogens with zero attached hydrogens (tertiary/aromatic N) is 1. The number of carbonyl (C=O) groups is 2. The van der Waals surface area contributed by atoms with E-state index in [2.05, 4.69) is 11.9 Å². The Bertz CT molecular complexity index is 1330. The summed E-state index contributed by atoms with van der Waals surface area (Å²) in [6.07, 6.45) is 4.68. The highest BCUT2D eigenvalue weighted by Crippen LogP contribution is 2.48. The molecule has 0 spiro atoms. The topological polar surface area (TPSA) is 115 Å². The number of nitrogens with one attached hydrogen (secondary N) is 1. The molecule has 0 bridgehead atoms. The summed E-state index contributed by atoms with van der Waals surface area (Å²) < 4.78 is 20.4. The summed E-state index contributed by atoms with van der Waals surface area (Å²) in [6, 6.07) is 1.22. The number of carbonyl (C=O) groups excluding carboxylic acids is 2. The third-order valence-electron chi connectivity index (χ3n) is 8.01. The Kier molecular flexibility index (Phi) is 6.21. The van der Waals surface area contributed by atoms with Crippen molar-refractivity contribution in [3.63, 3.8) is 0 Å². The lowest BCUT2D eigenvalue weighted by atomic mass is 9.81. The highest BCUT2D eigenvalue weighted by atomic mass is 19.1. The smallest absolute Gasteiger partial charge is 0.342 e. The number of aliphatic hydroxyl groups is 1. The number of hydrogen-bond acceptors (Lipinski definition) is 6. The number of amides is 1. The van der Waals surface area contributed by atoms with Gasteiger partial charge < -0.3 is 20.9 Å². The second kappa shape index (κ2) is 9.09. The fraction of sp³-hybridized carbons (Fsp3) is 0.464. The molecule has 8 heteroatoms. The first-order valence-electron chi connectivity index (χ1n) is 12.6. The van der Waals surface area contributed by atoms with Gasteiger partial charge in [0, 0.05) is 23.8 Å².